The highest BCUT2D eigenvalue weighted by Gasteiger charge is 2.68. The molecule has 0 spiro atoms. The normalized spacial score (nSPS) is 20.7. The van der Waals surface area contributed by atoms with Gasteiger partial charge < -0.3 is 4.42 Å². The zero-order chi connectivity index (χ0) is 14.0. The second kappa shape index (κ2) is 3.63. The molecule has 1 saturated carbocycles. The lowest BCUT2D eigenvalue weighted by Crippen LogP contribution is -2.06. The summed E-state index contributed by atoms with van der Waals surface area (Å²) in [6.07, 6.45) is 0. The van der Waals surface area contributed by atoms with E-state index in [1.807, 2.05) is 12.1 Å². The predicted octanol–water partition coefficient (Wildman–Crippen LogP) is 4.95. The highest BCUT2D eigenvalue weighted by Crippen LogP contribution is 2.69. The van der Waals surface area contributed by atoms with Crippen LogP contribution in [0.4, 0.5) is 0 Å². The summed E-state index contributed by atoms with van der Waals surface area (Å²) in [5, 5.41) is 1.43. The molecule has 1 aliphatic carbocycles. The molecule has 2 nitrogen and oxygen atoms in total. The first-order valence-electron chi connectivity index (χ1n) is 6.49. The molecule has 1 aromatic carbocycles. The van der Waals surface area contributed by atoms with E-state index in [0.717, 1.165) is 5.39 Å². The average Bonchev–Trinajstić information content (AvgIpc) is 2.67. The van der Waals surface area contributed by atoms with Crippen LogP contribution in [0.15, 0.2) is 28.7 Å². The van der Waals surface area contributed by atoms with Gasteiger partial charge in [-0.2, -0.15) is 0 Å². The van der Waals surface area contributed by atoms with Crippen molar-refractivity contribution in [2.45, 2.75) is 27.7 Å². The van der Waals surface area contributed by atoms with Crippen LogP contribution in [0.1, 0.15) is 38.2 Å². The summed E-state index contributed by atoms with van der Waals surface area (Å²) in [4.78, 5) is 12.6. The molecular formula is C16H17ClO2. The number of ketones is 1. The third-order valence-corrected chi connectivity index (χ3v) is 5.32. The van der Waals surface area contributed by atoms with Crippen molar-refractivity contribution in [1.82, 2.24) is 0 Å². The van der Waals surface area contributed by atoms with Crippen molar-refractivity contribution in [3.05, 3.63) is 35.0 Å². The van der Waals surface area contributed by atoms with Gasteiger partial charge in [0.15, 0.2) is 11.3 Å². The van der Waals surface area contributed by atoms with Crippen molar-refractivity contribution in [2.24, 2.45) is 16.7 Å². The first-order valence-corrected chi connectivity index (χ1v) is 6.87. The summed E-state index contributed by atoms with van der Waals surface area (Å²) >= 11 is 6.08. The number of benzene rings is 1. The van der Waals surface area contributed by atoms with Crippen molar-refractivity contribution in [1.29, 1.82) is 0 Å². The molecule has 1 fully saturated rings. The molecule has 0 radical (unpaired) electrons. The Labute approximate surface area is 117 Å². The molecular weight excluding hydrogens is 260 g/mol. The van der Waals surface area contributed by atoms with E-state index in [-0.39, 0.29) is 22.5 Å². The van der Waals surface area contributed by atoms with Gasteiger partial charge in [0.2, 0.25) is 5.78 Å². The highest BCUT2D eigenvalue weighted by molar-refractivity contribution is 6.34. The van der Waals surface area contributed by atoms with Crippen LogP contribution in [-0.2, 0) is 0 Å². The summed E-state index contributed by atoms with van der Waals surface area (Å²) < 4.78 is 5.67. The van der Waals surface area contributed by atoms with E-state index in [9.17, 15) is 4.79 Å². The Hall–Kier alpha value is -1.28. The topological polar surface area (TPSA) is 30.2 Å². The Balaban J connectivity index is 2.03. The Bertz CT molecular complexity index is 665. The van der Waals surface area contributed by atoms with Crippen LogP contribution in [0.3, 0.4) is 0 Å². The number of carbonyl (C=O) groups is 1. The minimum Gasteiger partial charge on any atom is -0.451 e. The number of hydrogen-bond acceptors (Lipinski definition) is 2. The van der Waals surface area contributed by atoms with Gasteiger partial charge in [0.05, 0.1) is 5.02 Å². The maximum absolute atomic E-state index is 12.6. The maximum atomic E-state index is 12.6. The number of fused-ring (bicyclic) bond motifs is 1. The second-order valence-corrected chi connectivity index (χ2v) is 6.92. The molecule has 100 valence electrons. The van der Waals surface area contributed by atoms with Gasteiger partial charge >= 0.3 is 0 Å². The van der Waals surface area contributed by atoms with E-state index in [1.165, 1.54) is 0 Å². The zero-order valence-corrected chi connectivity index (χ0v) is 12.3. The van der Waals surface area contributed by atoms with E-state index in [2.05, 4.69) is 27.7 Å². The molecule has 0 aliphatic heterocycles. The van der Waals surface area contributed by atoms with Gasteiger partial charge in [-0.05, 0) is 23.0 Å². The monoisotopic (exact) mass is 276 g/mol. The van der Waals surface area contributed by atoms with Crippen LogP contribution < -0.4 is 0 Å². The fourth-order valence-electron chi connectivity index (χ4n) is 3.14. The quantitative estimate of drug-likeness (QED) is 0.727. The van der Waals surface area contributed by atoms with Crippen molar-refractivity contribution in [3.63, 3.8) is 0 Å². The Morgan fingerprint density at radius 3 is 2.37 bits per heavy atom. The summed E-state index contributed by atoms with van der Waals surface area (Å²) in [6.45, 7) is 8.52. The molecule has 0 saturated heterocycles. The van der Waals surface area contributed by atoms with Gasteiger partial charge in [0, 0.05) is 11.3 Å². The molecule has 2 aromatic rings. The molecule has 3 rings (SSSR count). The molecule has 0 unspecified atom stereocenters. The number of halogens is 1. The lowest BCUT2D eigenvalue weighted by atomic mass is 10.0. The zero-order valence-electron chi connectivity index (χ0n) is 11.6. The molecule has 0 atom stereocenters. The van der Waals surface area contributed by atoms with Crippen LogP contribution >= 0.6 is 11.6 Å². The van der Waals surface area contributed by atoms with Crippen molar-refractivity contribution in [2.75, 3.05) is 0 Å². The molecule has 0 N–H and O–H groups in total. The smallest absolute Gasteiger partial charge is 0.202 e. The highest BCUT2D eigenvalue weighted by atomic mass is 35.5. The Morgan fingerprint density at radius 2 is 1.84 bits per heavy atom. The van der Waals surface area contributed by atoms with E-state index in [4.69, 9.17) is 16.0 Å². The van der Waals surface area contributed by atoms with Gasteiger partial charge in [0.1, 0.15) is 0 Å². The summed E-state index contributed by atoms with van der Waals surface area (Å²) in [6, 6.07) is 7.34. The Kier molecular flexibility index (Phi) is 2.44. The molecule has 0 amide bonds. The lowest BCUT2D eigenvalue weighted by Gasteiger charge is -2.03. The summed E-state index contributed by atoms with van der Waals surface area (Å²) in [7, 11) is 0. The van der Waals surface area contributed by atoms with Crippen molar-refractivity contribution >= 4 is 28.4 Å². The van der Waals surface area contributed by atoms with Crippen molar-refractivity contribution < 1.29 is 9.21 Å². The molecule has 19 heavy (non-hydrogen) atoms. The Morgan fingerprint density at radius 1 is 1.21 bits per heavy atom. The first kappa shape index (κ1) is 12.7. The third-order valence-electron chi connectivity index (χ3n) is 5.02. The summed E-state index contributed by atoms with van der Waals surface area (Å²) in [5.74, 6) is 0.522. The molecule has 1 aliphatic rings. The van der Waals surface area contributed by atoms with E-state index in [0.29, 0.717) is 16.4 Å². The van der Waals surface area contributed by atoms with Gasteiger partial charge in [0.25, 0.3) is 0 Å². The number of furan rings is 1. The number of hydrogen-bond donors (Lipinski definition) is 0. The number of carbonyl (C=O) groups excluding carboxylic acids is 1. The SMILES string of the molecule is CC1(C)C(C(=O)c2cc3cccc(Cl)c3o2)C1(C)C. The lowest BCUT2D eigenvalue weighted by molar-refractivity contribution is 0.0919. The van der Waals surface area contributed by atoms with E-state index in [1.54, 1.807) is 12.1 Å². The van der Waals surface area contributed by atoms with Crippen LogP contribution in [0.2, 0.25) is 5.02 Å². The second-order valence-electron chi connectivity index (χ2n) is 6.51. The summed E-state index contributed by atoms with van der Waals surface area (Å²) in [5.41, 5.74) is 0.642. The van der Waals surface area contributed by atoms with E-state index < -0.39 is 0 Å². The third kappa shape index (κ3) is 1.59. The number of Topliss-reactive ketones (excluding diaryl/α,β-unsaturated/α-hetero) is 1. The fraction of sp³-hybridized carbons (Fsp3) is 0.438. The fourth-order valence-corrected chi connectivity index (χ4v) is 3.36. The van der Waals surface area contributed by atoms with Gasteiger partial charge in [-0.15, -0.1) is 0 Å². The van der Waals surface area contributed by atoms with Crippen LogP contribution in [0.25, 0.3) is 11.0 Å². The molecule has 3 heteroatoms. The molecule has 1 heterocycles. The maximum Gasteiger partial charge on any atom is 0.202 e. The van der Waals surface area contributed by atoms with Crippen LogP contribution in [-0.4, -0.2) is 5.78 Å². The number of rotatable bonds is 2. The largest absolute Gasteiger partial charge is 0.451 e. The van der Waals surface area contributed by atoms with Crippen LogP contribution in [0, 0.1) is 16.7 Å². The van der Waals surface area contributed by atoms with Gasteiger partial charge in [-0.3, -0.25) is 4.79 Å². The molecule has 1 aromatic heterocycles. The molecule has 0 bridgehead atoms. The van der Waals surface area contributed by atoms with Gasteiger partial charge in [-0.1, -0.05) is 51.4 Å². The van der Waals surface area contributed by atoms with Crippen LogP contribution in [0.5, 0.6) is 0 Å². The van der Waals surface area contributed by atoms with E-state index >= 15 is 0 Å². The standard InChI is InChI=1S/C16H17ClO2/c1-15(2)14(16(15,3)4)12(18)11-8-9-6-5-7-10(17)13(9)19-11/h5-8,14H,1-4H3. The van der Waals surface area contributed by atoms with Gasteiger partial charge in [-0.25, -0.2) is 0 Å². The minimum absolute atomic E-state index is 0.0133. The predicted molar refractivity (Wildman–Crippen MR) is 76.6 cm³/mol. The first-order chi connectivity index (χ1) is 8.76. The van der Waals surface area contributed by atoms with Crippen molar-refractivity contribution in [3.8, 4) is 0 Å². The average molecular weight is 277 g/mol. The number of para-hydroxylation sites is 1. The minimum atomic E-state index is 0.0133.